The molecule has 1 unspecified atom stereocenters. The molecular formula is C19H20BrFN8O6S. The second kappa shape index (κ2) is 11.8. The highest BCUT2D eigenvalue weighted by molar-refractivity contribution is 9.10. The number of anilines is 2. The van der Waals surface area contributed by atoms with Crippen LogP contribution in [0.2, 0.25) is 0 Å². The van der Waals surface area contributed by atoms with Crippen molar-refractivity contribution in [3.05, 3.63) is 74.1 Å². The van der Waals surface area contributed by atoms with Crippen molar-refractivity contribution in [2.24, 2.45) is 10.3 Å². The standard InChI is InChI=1S/C19H20BrFN8O6S/c1-11(12-2-5-14(6-3-12)29(30)31)34-27-19(25-13-4-7-16(21)15(20)10-13)17-18(28-35-26-17)23-8-9-24-36(22,32)33/h2-7,10-11,24H,8-9H2,1H3,(H,23,28)(H,25,27)(H2,22,32,33). The lowest BCUT2D eigenvalue weighted by Gasteiger charge is -2.13. The molecule has 0 saturated carbocycles. The van der Waals surface area contributed by atoms with Crippen molar-refractivity contribution in [3.63, 3.8) is 0 Å². The third-order valence-electron chi connectivity index (χ3n) is 4.49. The lowest BCUT2D eigenvalue weighted by atomic mass is 10.1. The third kappa shape index (κ3) is 7.67. The van der Waals surface area contributed by atoms with E-state index in [2.05, 4.69) is 46.8 Å². The molecule has 1 heterocycles. The van der Waals surface area contributed by atoms with Crippen LogP contribution in [-0.2, 0) is 15.0 Å². The summed E-state index contributed by atoms with van der Waals surface area (Å²) < 4.78 is 42.8. The zero-order valence-corrected chi connectivity index (χ0v) is 20.9. The lowest BCUT2D eigenvalue weighted by Crippen LogP contribution is -2.34. The summed E-state index contributed by atoms with van der Waals surface area (Å²) >= 11 is 3.11. The van der Waals surface area contributed by atoms with E-state index in [1.165, 1.54) is 42.5 Å². The fraction of sp³-hybridized carbons (Fsp3) is 0.211. The summed E-state index contributed by atoms with van der Waals surface area (Å²) in [5.41, 5.74) is 1.03. The minimum Gasteiger partial charge on any atom is -0.386 e. The van der Waals surface area contributed by atoms with Gasteiger partial charge >= 0.3 is 0 Å². The van der Waals surface area contributed by atoms with Crippen LogP contribution in [0.1, 0.15) is 24.3 Å². The van der Waals surface area contributed by atoms with Crippen molar-refractivity contribution in [1.82, 2.24) is 15.0 Å². The van der Waals surface area contributed by atoms with Gasteiger partial charge in [-0.25, -0.2) is 18.9 Å². The Hall–Kier alpha value is -3.67. The van der Waals surface area contributed by atoms with Crippen LogP contribution in [0.5, 0.6) is 0 Å². The summed E-state index contributed by atoms with van der Waals surface area (Å²) in [4.78, 5) is 15.9. The van der Waals surface area contributed by atoms with Crippen molar-refractivity contribution in [2.45, 2.75) is 13.0 Å². The van der Waals surface area contributed by atoms with E-state index < -0.39 is 27.1 Å². The fourth-order valence-electron chi connectivity index (χ4n) is 2.73. The molecule has 14 nitrogen and oxygen atoms in total. The molecule has 5 N–H and O–H groups in total. The average Bonchev–Trinajstić information content (AvgIpc) is 3.29. The van der Waals surface area contributed by atoms with Gasteiger partial charge in [-0.2, -0.15) is 8.42 Å². The van der Waals surface area contributed by atoms with Crippen LogP contribution in [0.15, 0.2) is 56.7 Å². The molecule has 0 aliphatic carbocycles. The Morgan fingerprint density at radius 2 is 2.00 bits per heavy atom. The number of nitro benzene ring substituents is 1. The Morgan fingerprint density at radius 1 is 1.28 bits per heavy atom. The molecular weight excluding hydrogens is 567 g/mol. The second-order valence-electron chi connectivity index (χ2n) is 7.12. The molecule has 0 amide bonds. The number of aromatic nitrogens is 2. The number of oxime groups is 1. The molecule has 0 saturated heterocycles. The van der Waals surface area contributed by atoms with Gasteiger partial charge in [-0.15, -0.1) is 0 Å². The largest absolute Gasteiger partial charge is 0.386 e. The summed E-state index contributed by atoms with van der Waals surface area (Å²) in [6.07, 6.45) is -0.627. The summed E-state index contributed by atoms with van der Waals surface area (Å²) in [6, 6.07) is 9.88. The zero-order valence-electron chi connectivity index (χ0n) is 18.5. The molecule has 0 aliphatic heterocycles. The Bertz CT molecular complexity index is 1350. The van der Waals surface area contributed by atoms with Crippen LogP contribution < -0.4 is 20.5 Å². The molecule has 17 heteroatoms. The summed E-state index contributed by atoms with van der Waals surface area (Å²) in [5, 5.41) is 33.2. The highest BCUT2D eigenvalue weighted by atomic mass is 79.9. The number of nitrogens with one attached hydrogen (secondary N) is 3. The number of rotatable bonds is 11. The Labute approximate surface area is 212 Å². The number of halogens is 2. The highest BCUT2D eigenvalue weighted by Crippen LogP contribution is 2.24. The summed E-state index contributed by atoms with van der Waals surface area (Å²) in [7, 11) is -3.87. The van der Waals surface area contributed by atoms with Crippen LogP contribution in [0.4, 0.5) is 21.6 Å². The highest BCUT2D eigenvalue weighted by Gasteiger charge is 2.19. The van der Waals surface area contributed by atoms with Gasteiger partial charge in [0, 0.05) is 30.9 Å². The maximum Gasteiger partial charge on any atom is 0.274 e. The van der Waals surface area contributed by atoms with E-state index in [1.54, 1.807) is 6.92 Å². The number of nitrogens with two attached hydrogens (primary N) is 1. The molecule has 0 fully saturated rings. The van der Waals surface area contributed by atoms with Crippen molar-refractivity contribution < 1.29 is 27.2 Å². The number of hydrogen-bond donors (Lipinski definition) is 4. The van der Waals surface area contributed by atoms with E-state index >= 15 is 0 Å². The number of nitro groups is 1. The first-order chi connectivity index (χ1) is 17.0. The van der Waals surface area contributed by atoms with Gasteiger partial charge in [0.1, 0.15) is 11.9 Å². The maximum atomic E-state index is 13.7. The van der Waals surface area contributed by atoms with Gasteiger partial charge in [-0.1, -0.05) is 5.16 Å². The molecule has 0 spiro atoms. The lowest BCUT2D eigenvalue weighted by molar-refractivity contribution is -0.384. The first-order valence-corrected chi connectivity index (χ1v) is 12.4. The fourth-order valence-corrected chi connectivity index (χ4v) is 3.50. The Kier molecular flexibility index (Phi) is 8.86. The van der Waals surface area contributed by atoms with Crippen molar-refractivity contribution in [1.29, 1.82) is 0 Å². The molecule has 0 radical (unpaired) electrons. The molecule has 0 aliphatic rings. The topological polar surface area (TPSA) is 200 Å². The SMILES string of the molecule is CC(O/N=C(\Nc1ccc(F)c(Br)c1)c1nonc1NCCNS(N)(=O)=O)c1ccc([N+](=O)[O-])cc1. The van der Waals surface area contributed by atoms with Gasteiger partial charge in [0.25, 0.3) is 15.9 Å². The minimum atomic E-state index is -3.87. The van der Waals surface area contributed by atoms with E-state index in [0.717, 1.165) is 0 Å². The quantitative estimate of drug-likeness (QED) is 0.0850. The predicted octanol–water partition coefficient (Wildman–Crippen LogP) is 2.64. The number of nitrogens with zero attached hydrogens (tertiary/aromatic N) is 4. The first-order valence-electron chi connectivity index (χ1n) is 10.1. The van der Waals surface area contributed by atoms with Crippen molar-refractivity contribution >= 4 is 49.2 Å². The van der Waals surface area contributed by atoms with Gasteiger partial charge in [0.2, 0.25) is 11.7 Å². The van der Waals surface area contributed by atoms with E-state index in [1.807, 2.05) is 0 Å². The van der Waals surface area contributed by atoms with E-state index in [-0.39, 0.29) is 40.6 Å². The number of hydrogen-bond acceptors (Lipinski definition) is 10. The zero-order chi connectivity index (χ0) is 26.3. The normalized spacial score (nSPS) is 12.7. The predicted molar refractivity (Wildman–Crippen MR) is 131 cm³/mol. The smallest absolute Gasteiger partial charge is 0.274 e. The second-order valence-corrected chi connectivity index (χ2v) is 9.35. The molecule has 192 valence electrons. The van der Waals surface area contributed by atoms with E-state index in [4.69, 9.17) is 14.6 Å². The van der Waals surface area contributed by atoms with Gasteiger partial charge in [0.05, 0.1) is 9.40 Å². The Morgan fingerprint density at radius 3 is 2.64 bits per heavy atom. The summed E-state index contributed by atoms with van der Waals surface area (Å²) in [6.45, 7) is 1.70. The van der Waals surface area contributed by atoms with Gasteiger partial charge < -0.3 is 15.5 Å². The average molecular weight is 587 g/mol. The number of benzene rings is 2. The van der Waals surface area contributed by atoms with Gasteiger partial charge in [-0.05, 0) is 69.1 Å². The van der Waals surface area contributed by atoms with Gasteiger partial charge in [-0.3, -0.25) is 10.1 Å². The van der Waals surface area contributed by atoms with Crippen molar-refractivity contribution in [2.75, 3.05) is 23.7 Å². The number of non-ortho nitro benzene ring substituents is 1. The third-order valence-corrected chi connectivity index (χ3v) is 5.71. The molecule has 2 aromatic carbocycles. The monoisotopic (exact) mass is 586 g/mol. The summed E-state index contributed by atoms with van der Waals surface area (Å²) in [5.74, 6) is -0.356. The van der Waals surface area contributed by atoms with Crippen LogP contribution in [0.3, 0.4) is 0 Å². The molecule has 3 aromatic rings. The van der Waals surface area contributed by atoms with E-state index in [9.17, 15) is 22.9 Å². The molecule has 36 heavy (non-hydrogen) atoms. The number of amidine groups is 1. The van der Waals surface area contributed by atoms with Crippen LogP contribution in [-0.4, -0.2) is 42.6 Å². The first kappa shape index (κ1) is 26.9. The molecule has 1 aromatic heterocycles. The molecule has 3 rings (SSSR count). The van der Waals surface area contributed by atoms with Gasteiger partial charge in [0.15, 0.2) is 5.69 Å². The van der Waals surface area contributed by atoms with Crippen LogP contribution >= 0.6 is 15.9 Å². The maximum absolute atomic E-state index is 13.7. The molecule has 1 atom stereocenters. The van der Waals surface area contributed by atoms with Crippen LogP contribution in [0, 0.1) is 15.9 Å². The molecule has 0 bridgehead atoms. The van der Waals surface area contributed by atoms with E-state index in [0.29, 0.717) is 11.3 Å². The Balaban J connectivity index is 1.83. The minimum absolute atomic E-state index is 0.0189. The van der Waals surface area contributed by atoms with Crippen molar-refractivity contribution in [3.8, 4) is 0 Å². The van der Waals surface area contributed by atoms with Crippen LogP contribution in [0.25, 0.3) is 0 Å².